The second-order valence-electron chi connectivity index (χ2n) is 7.39. The lowest BCUT2D eigenvalue weighted by Gasteiger charge is -2.32. The number of likely N-dealkylation sites (tertiary alicyclic amines) is 1. The summed E-state index contributed by atoms with van der Waals surface area (Å²) >= 11 is 0. The molecule has 2 aliphatic rings. The highest BCUT2D eigenvalue weighted by atomic mass is 16.7. The van der Waals surface area contributed by atoms with Gasteiger partial charge in [-0.05, 0) is 65.2 Å². The van der Waals surface area contributed by atoms with E-state index in [4.69, 9.17) is 9.31 Å². The molecule has 0 radical (unpaired) electrons. The minimum atomic E-state index is -0.276. The van der Waals surface area contributed by atoms with Gasteiger partial charge >= 0.3 is 7.12 Å². The van der Waals surface area contributed by atoms with E-state index in [1.807, 2.05) is 0 Å². The van der Waals surface area contributed by atoms with Crippen LogP contribution in [0.1, 0.15) is 52.1 Å². The van der Waals surface area contributed by atoms with Crippen LogP contribution in [0.2, 0.25) is 0 Å². The standard InChI is InChI=1S/C17H26BNO2/c1-16(2)17(3,4)21-18(20-16)14-10-8-13(9-11-14)15-7-6-12-19(15)5/h8-11,15H,6-7,12H2,1-5H3. The Kier molecular flexibility index (Phi) is 3.67. The van der Waals surface area contributed by atoms with Crippen molar-refractivity contribution >= 4 is 12.6 Å². The van der Waals surface area contributed by atoms with Gasteiger partial charge in [0.15, 0.2) is 0 Å². The molecule has 2 fully saturated rings. The summed E-state index contributed by atoms with van der Waals surface area (Å²) < 4.78 is 12.2. The normalized spacial score (nSPS) is 28.2. The van der Waals surface area contributed by atoms with Gasteiger partial charge < -0.3 is 9.31 Å². The van der Waals surface area contributed by atoms with Crippen LogP contribution in [0.5, 0.6) is 0 Å². The van der Waals surface area contributed by atoms with E-state index in [-0.39, 0.29) is 18.3 Å². The van der Waals surface area contributed by atoms with Crippen molar-refractivity contribution in [2.24, 2.45) is 0 Å². The lowest BCUT2D eigenvalue weighted by Crippen LogP contribution is -2.41. The summed E-state index contributed by atoms with van der Waals surface area (Å²) in [6, 6.07) is 9.34. The molecule has 0 saturated carbocycles. The lowest BCUT2D eigenvalue weighted by atomic mass is 9.78. The molecule has 1 atom stereocenters. The Bertz CT molecular complexity index is 496. The molecule has 3 nitrogen and oxygen atoms in total. The third kappa shape index (κ3) is 2.65. The molecule has 1 aromatic rings. The maximum Gasteiger partial charge on any atom is 0.494 e. The van der Waals surface area contributed by atoms with Gasteiger partial charge in [0.05, 0.1) is 11.2 Å². The Labute approximate surface area is 128 Å². The van der Waals surface area contributed by atoms with Gasteiger partial charge in [0.25, 0.3) is 0 Å². The molecule has 0 N–H and O–H groups in total. The average molecular weight is 287 g/mol. The van der Waals surface area contributed by atoms with Crippen LogP contribution in [0.25, 0.3) is 0 Å². The zero-order chi connectivity index (χ0) is 15.3. The molecule has 2 saturated heterocycles. The second-order valence-corrected chi connectivity index (χ2v) is 7.39. The van der Waals surface area contributed by atoms with Crippen molar-refractivity contribution in [2.75, 3.05) is 13.6 Å². The highest BCUT2D eigenvalue weighted by molar-refractivity contribution is 6.62. The van der Waals surface area contributed by atoms with Gasteiger partial charge in [-0.15, -0.1) is 0 Å². The van der Waals surface area contributed by atoms with Crippen LogP contribution in [0.4, 0.5) is 0 Å². The second kappa shape index (κ2) is 5.11. The summed E-state index contributed by atoms with van der Waals surface area (Å²) in [7, 11) is 1.95. The van der Waals surface area contributed by atoms with Gasteiger partial charge in [0.2, 0.25) is 0 Å². The maximum atomic E-state index is 6.10. The Morgan fingerprint density at radius 1 is 1.05 bits per heavy atom. The van der Waals surface area contributed by atoms with E-state index >= 15 is 0 Å². The zero-order valence-corrected chi connectivity index (χ0v) is 13.8. The molecule has 0 aromatic heterocycles. The van der Waals surface area contributed by atoms with Crippen LogP contribution in [-0.2, 0) is 9.31 Å². The van der Waals surface area contributed by atoms with E-state index in [2.05, 4.69) is 63.9 Å². The van der Waals surface area contributed by atoms with Gasteiger partial charge in [-0.1, -0.05) is 24.3 Å². The largest absolute Gasteiger partial charge is 0.494 e. The van der Waals surface area contributed by atoms with Crippen LogP contribution < -0.4 is 5.46 Å². The van der Waals surface area contributed by atoms with Crippen molar-refractivity contribution in [3.05, 3.63) is 29.8 Å². The molecule has 1 unspecified atom stereocenters. The summed E-state index contributed by atoms with van der Waals surface area (Å²) in [5.74, 6) is 0. The monoisotopic (exact) mass is 287 g/mol. The Hall–Kier alpha value is -0.835. The molecule has 2 aliphatic heterocycles. The molecule has 1 aromatic carbocycles. The zero-order valence-electron chi connectivity index (χ0n) is 13.8. The van der Waals surface area contributed by atoms with Crippen LogP contribution in [-0.4, -0.2) is 36.8 Å². The van der Waals surface area contributed by atoms with Crippen molar-refractivity contribution in [1.82, 2.24) is 4.90 Å². The first-order valence-corrected chi connectivity index (χ1v) is 7.96. The Morgan fingerprint density at radius 3 is 2.10 bits per heavy atom. The fraction of sp³-hybridized carbons (Fsp3) is 0.647. The molecule has 0 spiro atoms. The lowest BCUT2D eigenvalue weighted by molar-refractivity contribution is 0.00578. The molecule has 0 amide bonds. The van der Waals surface area contributed by atoms with E-state index in [1.165, 1.54) is 24.9 Å². The number of nitrogens with zero attached hydrogens (tertiary/aromatic N) is 1. The fourth-order valence-electron chi connectivity index (χ4n) is 3.19. The summed E-state index contributed by atoms with van der Waals surface area (Å²) in [6.45, 7) is 9.57. The van der Waals surface area contributed by atoms with E-state index in [0.29, 0.717) is 6.04 Å². The topological polar surface area (TPSA) is 21.7 Å². The third-order valence-corrected chi connectivity index (χ3v) is 5.37. The van der Waals surface area contributed by atoms with Gasteiger partial charge in [-0.3, -0.25) is 4.90 Å². The summed E-state index contributed by atoms with van der Waals surface area (Å²) in [4.78, 5) is 2.43. The molecule has 0 bridgehead atoms. The van der Waals surface area contributed by atoms with E-state index in [9.17, 15) is 0 Å². The molecule has 4 heteroatoms. The first-order valence-electron chi connectivity index (χ1n) is 7.96. The van der Waals surface area contributed by atoms with Gasteiger partial charge in [-0.2, -0.15) is 0 Å². The molecule has 2 heterocycles. The minimum Gasteiger partial charge on any atom is -0.399 e. The molecule has 21 heavy (non-hydrogen) atoms. The van der Waals surface area contributed by atoms with Crippen molar-refractivity contribution in [3.63, 3.8) is 0 Å². The summed E-state index contributed by atoms with van der Waals surface area (Å²) in [6.07, 6.45) is 2.55. The van der Waals surface area contributed by atoms with Crippen LogP contribution in [0.3, 0.4) is 0 Å². The first kappa shape index (κ1) is 15.1. The predicted molar refractivity (Wildman–Crippen MR) is 86.8 cm³/mol. The van der Waals surface area contributed by atoms with Gasteiger partial charge in [0, 0.05) is 6.04 Å². The number of hydrogen-bond donors (Lipinski definition) is 0. The molecular weight excluding hydrogens is 261 g/mol. The number of rotatable bonds is 2. The van der Waals surface area contributed by atoms with Crippen LogP contribution in [0.15, 0.2) is 24.3 Å². The highest BCUT2D eigenvalue weighted by Crippen LogP contribution is 2.36. The maximum absolute atomic E-state index is 6.10. The molecule has 114 valence electrons. The Balaban J connectivity index is 1.76. The SMILES string of the molecule is CN1CCCC1c1ccc(B2OC(C)(C)C(C)(C)O2)cc1. The number of hydrogen-bond acceptors (Lipinski definition) is 3. The van der Waals surface area contributed by atoms with Crippen LogP contribution >= 0.6 is 0 Å². The quantitative estimate of drug-likeness (QED) is 0.781. The van der Waals surface area contributed by atoms with Crippen LogP contribution in [0, 0.1) is 0 Å². The first-order chi connectivity index (χ1) is 9.80. The predicted octanol–water partition coefficient (Wildman–Crippen LogP) is 2.75. The summed E-state index contributed by atoms with van der Waals surface area (Å²) in [5.41, 5.74) is 1.96. The van der Waals surface area contributed by atoms with E-state index in [0.717, 1.165) is 5.46 Å². The van der Waals surface area contributed by atoms with E-state index < -0.39 is 0 Å². The van der Waals surface area contributed by atoms with Crippen molar-refractivity contribution in [1.29, 1.82) is 0 Å². The highest BCUT2D eigenvalue weighted by Gasteiger charge is 2.51. The van der Waals surface area contributed by atoms with Gasteiger partial charge in [0.1, 0.15) is 0 Å². The number of benzene rings is 1. The average Bonchev–Trinajstić information content (AvgIpc) is 2.92. The minimum absolute atomic E-state index is 0.259. The summed E-state index contributed by atoms with van der Waals surface area (Å²) in [5, 5.41) is 0. The van der Waals surface area contributed by atoms with Crippen molar-refractivity contribution in [3.8, 4) is 0 Å². The fourth-order valence-corrected chi connectivity index (χ4v) is 3.19. The molecular formula is C17H26BNO2. The third-order valence-electron chi connectivity index (χ3n) is 5.37. The van der Waals surface area contributed by atoms with Crippen molar-refractivity contribution < 1.29 is 9.31 Å². The smallest absolute Gasteiger partial charge is 0.399 e. The Morgan fingerprint density at radius 2 is 1.62 bits per heavy atom. The molecule has 3 rings (SSSR count). The van der Waals surface area contributed by atoms with E-state index in [1.54, 1.807) is 0 Å². The molecule has 0 aliphatic carbocycles. The van der Waals surface area contributed by atoms with Crippen molar-refractivity contribution in [2.45, 2.75) is 57.8 Å². The van der Waals surface area contributed by atoms with Gasteiger partial charge in [-0.25, -0.2) is 0 Å².